The molecule has 3 nitrogen and oxygen atoms in total. The van der Waals surface area contributed by atoms with E-state index in [4.69, 9.17) is 4.74 Å². The lowest BCUT2D eigenvalue weighted by atomic mass is 9.98. The van der Waals surface area contributed by atoms with Crippen molar-refractivity contribution in [3.8, 4) is 5.75 Å². The number of hydrogen-bond donors (Lipinski definition) is 1. The molecule has 3 aromatic carbocycles. The maximum absolute atomic E-state index is 12.6. The van der Waals surface area contributed by atoms with Crippen molar-refractivity contribution in [2.45, 2.75) is 39.7 Å². The summed E-state index contributed by atoms with van der Waals surface area (Å²) in [5, 5.41) is 5.10. The molecule has 0 saturated heterocycles. The number of nitrogens with one attached hydrogen (secondary N) is 1. The van der Waals surface area contributed by atoms with E-state index in [1.165, 1.54) is 11.1 Å². The predicted octanol–water partition coefficient (Wildman–Crippen LogP) is 5.68. The molecule has 1 unspecified atom stereocenters. The lowest BCUT2D eigenvalue weighted by Gasteiger charge is -2.17. The van der Waals surface area contributed by atoms with Gasteiger partial charge in [0, 0.05) is 11.1 Å². The molecule has 3 aromatic rings. The lowest BCUT2D eigenvalue weighted by Crippen LogP contribution is -2.30. The van der Waals surface area contributed by atoms with Gasteiger partial charge in [-0.1, -0.05) is 56.3 Å². The normalized spacial score (nSPS) is 12.2. The predicted molar refractivity (Wildman–Crippen MR) is 108 cm³/mol. The number of amides is 1. The second-order valence-corrected chi connectivity index (χ2v) is 6.95. The summed E-state index contributed by atoms with van der Waals surface area (Å²) in [6, 6.07) is 19.9. The van der Waals surface area contributed by atoms with E-state index in [0.29, 0.717) is 11.7 Å². The molecule has 1 N–H and O–H groups in total. The molecule has 0 saturated carbocycles. The van der Waals surface area contributed by atoms with E-state index in [1.807, 2.05) is 54.6 Å². The fourth-order valence-electron chi connectivity index (χ4n) is 3.20. The molecule has 1 amide bonds. The third-order valence-corrected chi connectivity index (χ3v) is 4.59. The first kappa shape index (κ1) is 18.0. The number of ether oxygens (including phenoxy) is 1. The molecule has 26 heavy (non-hydrogen) atoms. The van der Waals surface area contributed by atoms with Crippen LogP contribution in [0.15, 0.2) is 60.7 Å². The van der Waals surface area contributed by atoms with Gasteiger partial charge in [-0.2, -0.15) is 0 Å². The molecule has 1 atom stereocenters. The summed E-state index contributed by atoms with van der Waals surface area (Å²) in [4.78, 5) is 12.6. The SMILES string of the molecule is Cc1cc(OC(C)C(=O)Nc2cccc3ccccc23)ccc1C(C)C. The molecule has 3 rings (SSSR count). The highest BCUT2D eigenvalue weighted by Gasteiger charge is 2.16. The van der Waals surface area contributed by atoms with Crippen molar-refractivity contribution >= 4 is 22.4 Å². The van der Waals surface area contributed by atoms with E-state index in [9.17, 15) is 4.79 Å². The molecule has 0 heterocycles. The van der Waals surface area contributed by atoms with Gasteiger partial charge in [0.1, 0.15) is 5.75 Å². The highest BCUT2D eigenvalue weighted by atomic mass is 16.5. The summed E-state index contributed by atoms with van der Waals surface area (Å²) in [5.74, 6) is 1.02. The minimum atomic E-state index is -0.585. The number of carbonyl (C=O) groups is 1. The van der Waals surface area contributed by atoms with Crippen molar-refractivity contribution in [3.63, 3.8) is 0 Å². The minimum Gasteiger partial charge on any atom is -0.481 e. The smallest absolute Gasteiger partial charge is 0.265 e. The third-order valence-electron chi connectivity index (χ3n) is 4.59. The Balaban J connectivity index is 1.73. The van der Waals surface area contributed by atoms with Gasteiger partial charge in [-0.05, 0) is 54.5 Å². The van der Waals surface area contributed by atoms with Gasteiger partial charge in [-0.3, -0.25) is 4.79 Å². The molecule has 0 aromatic heterocycles. The Morgan fingerprint density at radius 2 is 1.69 bits per heavy atom. The number of benzene rings is 3. The van der Waals surface area contributed by atoms with Gasteiger partial charge in [0.05, 0.1) is 0 Å². The molecule has 0 aliphatic carbocycles. The van der Waals surface area contributed by atoms with Gasteiger partial charge < -0.3 is 10.1 Å². The topological polar surface area (TPSA) is 38.3 Å². The Labute approximate surface area is 155 Å². The second-order valence-electron chi connectivity index (χ2n) is 6.95. The number of anilines is 1. The largest absolute Gasteiger partial charge is 0.481 e. The van der Waals surface area contributed by atoms with Gasteiger partial charge in [-0.25, -0.2) is 0 Å². The van der Waals surface area contributed by atoms with Crippen LogP contribution < -0.4 is 10.1 Å². The van der Waals surface area contributed by atoms with Crippen molar-refractivity contribution < 1.29 is 9.53 Å². The number of aryl methyl sites for hydroxylation is 1. The van der Waals surface area contributed by atoms with E-state index in [-0.39, 0.29) is 5.91 Å². The highest BCUT2D eigenvalue weighted by Crippen LogP contribution is 2.25. The van der Waals surface area contributed by atoms with Crippen LogP contribution in [0.25, 0.3) is 10.8 Å². The lowest BCUT2D eigenvalue weighted by molar-refractivity contribution is -0.122. The first-order valence-electron chi connectivity index (χ1n) is 9.01. The van der Waals surface area contributed by atoms with E-state index >= 15 is 0 Å². The highest BCUT2D eigenvalue weighted by molar-refractivity contribution is 6.03. The molecule has 3 heteroatoms. The zero-order valence-electron chi connectivity index (χ0n) is 15.7. The van der Waals surface area contributed by atoms with Crippen LogP contribution in [-0.2, 0) is 4.79 Å². The van der Waals surface area contributed by atoms with Crippen LogP contribution in [0.3, 0.4) is 0 Å². The van der Waals surface area contributed by atoms with Crippen molar-refractivity contribution in [3.05, 3.63) is 71.8 Å². The van der Waals surface area contributed by atoms with E-state index < -0.39 is 6.10 Å². The number of carbonyl (C=O) groups excluding carboxylic acids is 1. The van der Waals surface area contributed by atoms with Crippen molar-refractivity contribution in [1.29, 1.82) is 0 Å². The molecular formula is C23H25NO2. The van der Waals surface area contributed by atoms with Crippen molar-refractivity contribution in [2.75, 3.05) is 5.32 Å². The fourth-order valence-corrected chi connectivity index (χ4v) is 3.20. The third kappa shape index (κ3) is 3.88. The van der Waals surface area contributed by atoms with Gasteiger partial charge in [0.15, 0.2) is 6.10 Å². The number of hydrogen-bond acceptors (Lipinski definition) is 2. The zero-order chi connectivity index (χ0) is 18.7. The van der Waals surface area contributed by atoms with Crippen LogP contribution >= 0.6 is 0 Å². The van der Waals surface area contributed by atoms with Crippen LogP contribution in [0.5, 0.6) is 5.75 Å². The maximum Gasteiger partial charge on any atom is 0.265 e. The zero-order valence-corrected chi connectivity index (χ0v) is 15.7. The first-order valence-corrected chi connectivity index (χ1v) is 9.01. The summed E-state index contributed by atoms with van der Waals surface area (Å²) in [6.45, 7) is 8.18. The van der Waals surface area contributed by atoms with Gasteiger partial charge in [0.2, 0.25) is 0 Å². The molecule has 0 bridgehead atoms. The minimum absolute atomic E-state index is 0.160. The van der Waals surface area contributed by atoms with Crippen LogP contribution in [-0.4, -0.2) is 12.0 Å². The summed E-state index contributed by atoms with van der Waals surface area (Å²) in [6.07, 6.45) is -0.585. The van der Waals surface area contributed by atoms with Gasteiger partial charge in [-0.15, -0.1) is 0 Å². The summed E-state index contributed by atoms with van der Waals surface area (Å²) in [7, 11) is 0. The molecule has 0 fully saturated rings. The van der Waals surface area contributed by atoms with E-state index in [1.54, 1.807) is 6.92 Å². The summed E-state index contributed by atoms with van der Waals surface area (Å²) in [5.41, 5.74) is 3.28. The van der Waals surface area contributed by atoms with Gasteiger partial charge in [0.25, 0.3) is 5.91 Å². The Morgan fingerprint density at radius 1 is 0.962 bits per heavy atom. The van der Waals surface area contributed by atoms with Crippen LogP contribution in [0.1, 0.15) is 37.8 Å². The van der Waals surface area contributed by atoms with Crippen LogP contribution in [0, 0.1) is 6.92 Å². The average Bonchev–Trinajstić information content (AvgIpc) is 2.61. The fraction of sp³-hybridized carbons (Fsp3) is 0.261. The van der Waals surface area contributed by atoms with Gasteiger partial charge >= 0.3 is 0 Å². The molecule has 0 radical (unpaired) electrons. The molecular weight excluding hydrogens is 322 g/mol. The molecule has 0 spiro atoms. The molecule has 0 aliphatic heterocycles. The van der Waals surface area contributed by atoms with Crippen LogP contribution in [0.4, 0.5) is 5.69 Å². The van der Waals surface area contributed by atoms with E-state index in [2.05, 4.69) is 32.2 Å². The number of rotatable bonds is 5. The molecule has 134 valence electrons. The van der Waals surface area contributed by atoms with Crippen molar-refractivity contribution in [1.82, 2.24) is 0 Å². The van der Waals surface area contributed by atoms with E-state index in [0.717, 1.165) is 16.5 Å². The monoisotopic (exact) mass is 347 g/mol. The Morgan fingerprint density at radius 3 is 2.42 bits per heavy atom. The molecule has 0 aliphatic rings. The summed E-state index contributed by atoms with van der Waals surface area (Å²) >= 11 is 0. The van der Waals surface area contributed by atoms with Crippen molar-refractivity contribution in [2.24, 2.45) is 0 Å². The second kappa shape index (κ2) is 7.61. The van der Waals surface area contributed by atoms with Crippen LogP contribution in [0.2, 0.25) is 0 Å². The average molecular weight is 347 g/mol. The Kier molecular flexibility index (Phi) is 5.27. The Hall–Kier alpha value is -2.81. The first-order chi connectivity index (χ1) is 12.5. The Bertz CT molecular complexity index is 925. The maximum atomic E-state index is 12.6. The standard InChI is InChI=1S/C23H25NO2/c1-15(2)20-13-12-19(14-16(20)3)26-17(4)23(25)24-22-11-7-9-18-8-5-6-10-21(18)22/h5-15,17H,1-4H3,(H,24,25). The quantitative estimate of drug-likeness (QED) is 0.645. The number of fused-ring (bicyclic) bond motifs is 1. The summed E-state index contributed by atoms with van der Waals surface area (Å²) < 4.78 is 5.86.